The van der Waals surface area contributed by atoms with E-state index in [4.69, 9.17) is 4.74 Å². The molecule has 1 rings (SSSR count). The van der Waals surface area contributed by atoms with E-state index in [0.29, 0.717) is 18.9 Å². The van der Waals surface area contributed by atoms with Crippen LogP contribution in [0.1, 0.15) is 110 Å². The van der Waals surface area contributed by atoms with Crippen LogP contribution >= 0.6 is 0 Å². The molecule has 30 heavy (non-hydrogen) atoms. The number of unbranched alkanes of at least 4 members (excludes halogenated alkanes) is 8. The molecule has 0 spiro atoms. The Morgan fingerprint density at radius 3 is 2.33 bits per heavy atom. The quantitative estimate of drug-likeness (QED) is 0.135. The largest absolute Gasteiger partial charge is 0.461 e. The van der Waals surface area contributed by atoms with Crippen molar-refractivity contribution in [3.63, 3.8) is 0 Å². The van der Waals surface area contributed by atoms with Gasteiger partial charge in [-0.2, -0.15) is 0 Å². The van der Waals surface area contributed by atoms with E-state index in [1.807, 2.05) is 0 Å². The summed E-state index contributed by atoms with van der Waals surface area (Å²) in [5.41, 5.74) is 2.55. The number of allylic oxidation sites excluding steroid dienone is 6. The van der Waals surface area contributed by atoms with E-state index >= 15 is 0 Å². The molecule has 2 nitrogen and oxygen atoms in total. The molecular weight excluding hydrogens is 368 g/mol. The highest BCUT2D eigenvalue weighted by atomic mass is 16.5. The maximum absolute atomic E-state index is 11.9. The zero-order chi connectivity index (χ0) is 21.9. The topological polar surface area (TPSA) is 26.3 Å². The molecule has 0 bridgehead atoms. The second kappa shape index (κ2) is 18.2. The van der Waals surface area contributed by atoms with Gasteiger partial charge in [-0.25, -0.2) is 0 Å². The Morgan fingerprint density at radius 2 is 1.70 bits per heavy atom. The monoisotopic (exact) mass is 414 g/mol. The summed E-state index contributed by atoms with van der Waals surface area (Å²) in [5.74, 6) is 0.570. The summed E-state index contributed by atoms with van der Waals surface area (Å²) in [5, 5.41) is 0. The smallest absolute Gasteiger partial charge is 0.306 e. The Bertz CT molecular complexity index is 553. The lowest BCUT2D eigenvalue weighted by Crippen LogP contribution is -2.12. The molecule has 2 heteroatoms. The fourth-order valence-electron chi connectivity index (χ4n) is 3.79. The van der Waals surface area contributed by atoms with Gasteiger partial charge in [0, 0.05) is 6.42 Å². The number of carbonyl (C=O) groups excluding carboxylic acids is 1. The Morgan fingerprint density at radius 1 is 1.03 bits per heavy atom. The molecule has 0 aromatic carbocycles. The first-order valence-electron chi connectivity index (χ1n) is 12.4. The maximum atomic E-state index is 11.9. The summed E-state index contributed by atoms with van der Waals surface area (Å²) in [7, 11) is 0. The van der Waals surface area contributed by atoms with E-state index in [9.17, 15) is 4.79 Å². The molecule has 0 aliphatic heterocycles. The Hall–Kier alpha value is -1.57. The van der Waals surface area contributed by atoms with E-state index in [-0.39, 0.29) is 5.97 Å². The van der Waals surface area contributed by atoms with Gasteiger partial charge in [-0.05, 0) is 76.2 Å². The molecule has 0 saturated heterocycles. The van der Waals surface area contributed by atoms with Crippen molar-refractivity contribution in [1.29, 1.82) is 0 Å². The summed E-state index contributed by atoms with van der Waals surface area (Å²) in [6.07, 6.45) is 28.5. The lowest BCUT2D eigenvalue weighted by molar-refractivity contribution is -0.142. The third-order valence-electron chi connectivity index (χ3n) is 5.95. The third-order valence-corrected chi connectivity index (χ3v) is 5.95. The molecule has 0 heterocycles. The van der Waals surface area contributed by atoms with Gasteiger partial charge >= 0.3 is 5.97 Å². The normalized spacial score (nSPS) is 16.9. The van der Waals surface area contributed by atoms with E-state index in [1.165, 1.54) is 62.5 Å². The van der Waals surface area contributed by atoms with Crippen molar-refractivity contribution in [2.24, 2.45) is 5.92 Å². The molecule has 1 atom stereocenters. The number of ether oxygens (including phenoxy) is 1. The van der Waals surface area contributed by atoms with Crippen LogP contribution in [0.4, 0.5) is 0 Å². The number of rotatable bonds is 17. The number of hydrogen-bond donors (Lipinski definition) is 0. The van der Waals surface area contributed by atoms with Crippen molar-refractivity contribution in [2.75, 3.05) is 6.61 Å². The van der Waals surface area contributed by atoms with E-state index in [2.05, 4.69) is 50.8 Å². The van der Waals surface area contributed by atoms with Gasteiger partial charge in [0.15, 0.2) is 0 Å². The first kappa shape index (κ1) is 26.5. The SMILES string of the molecule is C=C(C)C1CC=C(COC(=O)CCCCCCCC=CCC=CCCCCC)CC1. The van der Waals surface area contributed by atoms with Crippen molar-refractivity contribution >= 4 is 5.97 Å². The molecule has 170 valence electrons. The standard InChI is InChI=1S/C28H46O2/c1-4-5-6-7-8-9-10-11-12-13-14-15-16-17-18-19-28(29)30-24-26-20-22-27(23-21-26)25(2)3/h8-9,11-12,20,27H,2,4-7,10,13-19,21-24H2,1,3H3. The second-order valence-electron chi connectivity index (χ2n) is 8.82. The molecule has 1 aliphatic carbocycles. The number of hydrogen-bond acceptors (Lipinski definition) is 2. The van der Waals surface area contributed by atoms with E-state index in [0.717, 1.165) is 38.5 Å². The molecule has 0 N–H and O–H groups in total. The van der Waals surface area contributed by atoms with Gasteiger partial charge in [0.2, 0.25) is 0 Å². The minimum absolute atomic E-state index is 0.0383. The predicted molar refractivity (Wildman–Crippen MR) is 131 cm³/mol. The van der Waals surface area contributed by atoms with Gasteiger partial charge in [-0.1, -0.05) is 81.6 Å². The Balaban J connectivity index is 1.90. The van der Waals surface area contributed by atoms with Gasteiger partial charge in [0.05, 0.1) is 0 Å². The van der Waals surface area contributed by atoms with Crippen LogP contribution in [0.5, 0.6) is 0 Å². The van der Waals surface area contributed by atoms with E-state index < -0.39 is 0 Å². The van der Waals surface area contributed by atoms with Gasteiger partial charge in [-0.3, -0.25) is 4.79 Å². The van der Waals surface area contributed by atoms with Crippen molar-refractivity contribution < 1.29 is 9.53 Å². The first-order valence-corrected chi connectivity index (χ1v) is 12.4. The highest BCUT2D eigenvalue weighted by Gasteiger charge is 2.15. The molecule has 0 fully saturated rings. The highest BCUT2D eigenvalue weighted by Crippen LogP contribution is 2.28. The summed E-state index contributed by atoms with van der Waals surface area (Å²) < 4.78 is 5.45. The average Bonchev–Trinajstić information content (AvgIpc) is 2.75. The predicted octanol–water partition coefficient (Wildman–Crippen LogP) is 8.65. The van der Waals surface area contributed by atoms with Crippen LogP contribution in [0, 0.1) is 5.92 Å². The highest BCUT2D eigenvalue weighted by molar-refractivity contribution is 5.69. The lowest BCUT2D eigenvalue weighted by atomic mass is 9.86. The maximum Gasteiger partial charge on any atom is 0.306 e. The third kappa shape index (κ3) is 14.4. The van der Waals surface area contributed by atoms with Crippen molar-refractivity contribution in [1.82, 2.24) is 0 Å². The van der Waals surface area contributed by atoms with Gasteiger partial charge in [-0.15, -0.1) is 0 Å². The molecule has 0 radical (unpaired) electrons. The minimum Gasteiger partial charge on any atom is -0.461 e. The van der Waals surface area contributed by atoms with Crippen LogP contribution in [0.25, 0.3) is 0 Å². The molecule has 0 aromatic rings. The lowest BCUT2D eigenvalue weighted by Gasteiger charge is -2.21. The summed E-state index contributed by atoms with van der Waals surface area (Å²) in [4.78, 5) is 11.9. The van der Waals surface area contributed by atoms with Crippen LogP contribution in [-0.4, -0.2) is 12.6 Å². The van der Waals surface area contributed by atoms with Gasteiger partial charge < -0.3 is 4.74 Å². The summed E-state index contributed by atoms with van der Waals surface area (Å²) >= 11 is 0. The number of carbonyl (C=O) groups is 1. The van der Waals surface area contributed by atoms with Gasteiger partial charge in [0.1, 0.15) is 6.61 Å². The minimum atomic E-state index is -0.0383. The zero-order valence-electron chi connectivity index (χ0n) is 19.8. The van der Waals surface area contributed by atoms with Crippen molar-refractivity contribution in [3.05, 3.63) is 48.1 Å². The Kier molecular flexibility index (Phi) is 16.1. The molecule has 0 saturated carbocycles. The molecule has 1 aliphatic rings. The molecule has 0 aromatic heterocycles. The first-order chi connectivity index (χ1) is 14.6. The molecular formula is C28H46O2. The van der Waals surface area contributed by atoms with E-state index in [1.54, 1.807) is 0 Å². The van der Waals surface area contributed by atoms with Crippen LogP contribution in [0.3, 0.4) is 0 Å². The fourth-order valence-corrected chi connectivity index (χ4v) is 3.79. The average molecular weight is 415 g/mol. The summed E-state index contributed by atoms with van der Waals surface area (Å²) in [6, 6.07) is 0. The zero-order valence-corrected chi connectivity index (χ0v) is 19.8. The van der Waals surface area contributed by atoms with Crippen LogP contribution in [0.15, 0.2) is 48.1 Å². The van der Waals surface area contributed by atoms with Gasteiger partial charge in [0.25, 0.3) is 0 Å². The summed E-state index contributed by atoms with van der Waals surface area (Å²) in [6.45, 7) is 8.89. The second-order valence-corrected chi connectivity index (χ2v) is 8.82. The molecule has 1 unspecified atom stereocenters. The van der Waals surface area contributed by atoms with Crippen LogP contribution < -0.4 is 0 Å². The van der Waals surface area contributed by atoms with Crippen LogP contribution in [-0.2, 0) is 9.53 Å². The fraction of sp³-hybridized carbons (Fsp3) is 0.679. The number of esters is 1. The Labute approximate surface area is 186 Å². The van der Waals surface area contributed by atoms with Crippen LogP contribution in [0.2, 0.25) is 0 Å². The molecule has 0 amide bonds. The van der Waals surface area contributed by atoms with Crippen molar-refractivity contribution in [3.8, 4) is 0 Å². The van der Waals surface area contributed by atoms with Crippen molar-refractivity contribution in [2.45, 2.75) is 110 Å².